The van der Waals surface area contributed by atoms with Gasteiger partial charge in [-0.25, -0.2) is 0 Å². The van der Waals surface area contributed by atoms with E-state index in [9.17, 15) is 0 Å². The molecular formula is C20H16N2OS. The van der Waals surface area contributed by atoms with Crippen molar-refractivity contribution in [1.29, 1.82) is 0 Å². The predicted octanol–water partition coefficient (Wildman–Crippen LogP) is 4.64. The number of pyridine rings is 1. The van der Waals surface area contributed by atoms with Gasteiger partial charge in [0.1, 0.15) is 5.76 Å². The topological polar surface area (TPSA) is 29.3 Å². The van der Waals surface area contributed by atoms with Crippen molar-refractivity contribution < 1.29 is 4.42 Å². The smallest absolute Gasteiger partial charge is 0.135 e. The fourth-order valence-electron chi connectivity index (χ4n) is 3.80. The Hall–Kier alpha value is -2.46. The third kappa shape index (κ3) is 2.10. The molecule has 0 radical (unpaired) electrons. The summed E-state index contributed by atoms with van der Waals surface area (Å²) in [7, 11) is 0. The van der Waals surface area contributed by atoms with Crippen LogP contribution < -0.4 is 4.90 Å². The summed E-state index contributed by atoms with van der Waals surface area (Å²) in [6.45, 7) is 1.02. The highest BCUT2D eigenvalue weighted by atomic mass is 32.1. The maximum absolute atomic E-state index is 5.53. The normalized spacial score (nSPS) is 15.7. The van der Waals surface area contributed by atoms with Crippen LogP contribution in [0.3, 0.4) is 0 Å². The number of anilines is 1. The largest absolute Gasteiger partial charge is 0.464 e. The fraction of sp³-hybridized carbons (Fsp3) is 0.200. The van der Waals surface area contributed by atoms with Crippen molar-refractivity contribution in [1.82, 2.24) is 4.98 Å². The average Bonchev–Trinajstić information content (AvgIpc) is 3.29. The molecule has 0 N–H and O–H groups in total. The summed E-state index contributed by atoms with van der Waals surface area (Å²) in [6, 6.07) is 10.6. The molecule has 3 aromatic rings. The molecule has 0 spiro atoms. The summed E-state index contributed by atoms with van der Waals surface area (Å²) in [4.78, 5) is 7.83. The van der Waals surface area contributed by atoms with E-state index in [1.54, 1.807) is 6.26 Å². The number of hydrogen-bond acceptors (Lipinski definition) is 3. The third-order valence-electron chi connectivity index (χ3n) is 4.93. The van der Waals surface area contributed by atoms with Gasteiger partial charge in [0.2, 0.25) is 0 Å². The molecule has 4 heteroatoms. The first-order valence-corrected chi connectivity index (χ1v) is 8.66. The zero-order valence-corrected chi connectivity index (χ0v) is 14.0. The maximum atomic E-state index is 5.53. The van der Waals surface area contributed by atoms with E-state index in [2.05, 4.69) is 28.1 Å². The molecule has 2 aromatic heterocycles. The summed E-state index contributed by atoms with van der Waals surface area (Å²) in [6.07, 6.45) is 8.56. The molecular weight excluding hydrogens is 316 g/mol. The van der Waals surface area contributed by atoms with Gasteiger partial charge in [0, 0.05) is 42.2 Å². The molecule has 0 bridgehead atoms. The number of aryl methyl sites for hydroxylation is 1. The Kier molecular flexibility index (Phi) is 3.06. The standard InChI is InChI=1S/C20H16N2OS/c24-19-4-3-13-8-15(9-14-5-6-22(19)20(13)14)16-10-17(12-21-11-16)18-2-1-7-23-18/h1-2,7-12H,3-6H2. The van der Waals surface area contributed by atoms with Crippen molar-refractivity contribution in [3.63, 3.8) is 0 Å². The minimum atomic E-state index is 0.850. The minimum Gasteiger partial charge on any atom is -0.464 e. The van der Waals surface area contributed by atoms with Gasteiger partial charge in [-0.2, -0.15) is 0 Å². The van der Waals surface area contributed by atoms with Crippen LogP contribution in [0.25, 0.3) is 22.5 Å². The zero-order chi connectivity index (χ0) is 16.1. The summed E-state index contributed by atoms with van der Waals surface area (Å²) >= 11 is 5.53. The molecule has 0 unspecified atom stereocenters. The lowest BCUT2D eigenvalue weighted by atomic mass is 9.94. The van der Waals surface area contributed by atoms with Crippen LogP contribution in [0.4, 0.5) is 5.69 Å². The van der Waals surface area contributed by atoms with Crippen LogP contribution >= 0.6 is 12.2 Å². The van der Waals surface area contributed by atoms with Gasteiger partial charge in [-0.1, -0.05) is 12.2 Å². The van der Waals surface area contributed by atoms with Crippen LogP contribution in [-0.2, 0) is 12.8 Å². The van der Waals surface area contributed by atoms with Gasteiger partial charge in [0.15, 0.2) is 0 Å². The van der Waals surface area contributed by atoms with Crippen molar-refractivity contribution in [2.75, 3.05) is 11.4 Å². The Labute approximate surface area is 145 Å². The van der Waals surface area contributed by atoms with Gasteiger partial charge < -0.3 is 9.32 Å². The first-order valence-electron chi connectivity index (χ1n) is 8.25. The zero-order valence-electron chi connectivity index (χ0n) is 13.2. The second-order valence-electron chi connectivity index (χ2n) is 6.38. The quantitative estimate of drug-likeness (QED) is 0.639. The molecule has 4 heterocycles. The third-order valence-corrected chi connectivity index (χ3v) is 5.35. The van der Waals surface area contributed by atoms with E-state index >= 15 is 0 Å². The van der Waals surface area contributed by atoms with Gasteiger partial charge in [-0.3, -0.25) is 4.98 Å². The molecule has 0 aliphatic carbocycles. The number of nitrogens with zero attached hydrogens (tertiary/aromatic N) is 2. The fourth-order valence-corrected chi connectivity index (χ4v) is 4.08. The number of benzene rings is 1. The van der Waals surface area contributed by atoms with Crippen LogP contribution in [0.2, 0.25) is 0 Å². The summed E-state index contributed by atoms with van der Waals surface area (Å²) in [5.41, 5.74) is 7.57. The van der Waals surface area contributed by atoms with Crippen LogP contribution in [0.5, 0.6) is 0 Å². The SMILES string of the molecule is S=C1CCc2cc(-c3cncc(-c4ccco4)c3)cc3c2N1CC3. The molecule has 0 saturated carbocycles. The molecule has 24 heavy (non-hydrogen) atoms. The highest BCUT2D eigenvalue weighted by molar-refractivity contribution is 7.80. The molecule has 5 rings (SSSR count). The molecule has 3 nitrogen and oxygen atoms in total. The first-order chi connectivity index (χ1) is 11.8. The van der Waals surface area contributed by atoms with Crippen LogP contribution in [-0.4, -0.2) is 16.5 Å². The summed E-state index contributed by atoms with van der Waals surface area (Å²) in [5, 5.41) is 0. The molecule has 0 fully saturated rings. The summed E-state index contributed by atoms with van der Waals surface area (Å²) in [5.74, 6) is 0.850. The maximum Gasteiger partial charge on any atom is 0.135 e. The van der Waals surface area contributed by atoms with Crippen molar-refractivity contribution in [2.45, 2.75) is 19.3 Å². The van der Waals surface area contributed by atoms with Crippen molar-refractivity contribution in [3.05, 3.63) is 60.1 Å². The van der Waals surface area contributed by atoms with Crippen LogP contribution in [0.15, 0.2) is 53.4 Å². The summed E-state index contributed by atoms with van der Waals surface area (Å²) < 4.78 is 5.50. The number of hydrogen-bond donors (Lipinski definition) is 0. The first kappa shape index (κ1) is 13.9. The van der Waals surface area contributed by atoms with Gasteiger partial charge in [-0.05, 0) is 59.9 Å². The molecule has 2 aliphatic rings. The highest BCUT2D eigenvalue weighted by Crippen LogP contribution is 2.40. The van der Waals surface area contributed by atoms with E-state index in [1.165, 1.54) is 22.4 Å². The van der Waals surface area contributed by atoms with Crippen molar-refractivity contribution in [3.8, 4) is 22.5 Å². The van der Waals surface area contributed by atoms with Gasteiger partial charge in [0.25, 0.3) is 0 Å². The monoisotopic (exact) mass is 332 g/mol. The molecule has 2 aliphatic heterocycles. The minimum absolute atomic E-state index is 0.850. The van der Waals surface area contributed by atoms with Crippen LogP contribution in [0.1, 0.15) is 17.5 Å². The molecule has 1 aromatic carbocycles. The van der Waals surface area contributed by atoms with Crippen molar-refractivity contribution >= 4 is 22.9 Å². The Balaban J connectivity index is 1.62. The molecule has 0 saturated heterocycles. The average molecular weight is 332 g/mol. The van der Waals surface area contributed by atoms with E-state index in [0.717, 1.165) is 47.7 Å². The van der Waals surface area contributed by atoms with Gasteiger partial charge in [0.05, 0.1) is 11.3 Å². The van der Waals surface area contributed by atoms with E-state index in [-0.39, 0.29) is 0 Å². The van der Waals surface area contributed by atoms with Gasteiger partial charge in [-0.15, -0.1) is 0 Å². The second kappa shape index (κ2) is 5.28. The highest BCUT2D eigenvalue weighted by Gasteiger charge is 2.29. The Bertz CT molecular complexity index is 946. The number of furan rings is 1. The lowest BCUT2D eigenvalue weighted by Gasteiger charge is -2.28. The number of aromatic nitrogens is 1. The number of rotatable bonds is 2. The predicted molar refractivity (Wildman–Crippen MR) is 99.3 cm³/mol. The van der Waals surface area contributed by atoms with Crippen molar-refractivity contribution in [2.24, 2.45) is 0 Å². The Morgan fingerprint density at radius 3 is 2.62 bits per heavy atom. The van der Waals surface area contributed by atoms with E-state index in [4.69, 9.17) is 16.6 Å². The molecule has 118 valence electrons. The lowest BCUT2D eigenvalue weighted by molar-refractivity contribution is 0.582. The Morgan fingerprint density at radius 1 is 0.958 bits per heavy atom. The lowest BCUT2D eigenvalue weighted by Crippen LogP contribution is -2.31. The molecule has 0 amide bonds. The number of thiocarbonyl (C=S) groups is 1. The van der Waals surface area contributed by atoms with E-state index in [1.807, 2.05) is 24.5 Å². The van der Waals surface area contributed by atoms with E-state index in [0.29, 0.717) is 0 Å². The Morgan fingerprint density at radius 2 is 1.79 bits per heavy atom. The van der Waals surface area contributed by atoms with E-state index < -0.39 is 0 Å². The van der Waals surface area contributed by atoms with Crippen LogP contribution in [0, 0.1) is 0 Å². The van der Waals surface area contributed by atoms with Gasteiger partial charge >= 0.3 is 0 Å². The molecule has 0 atom stereocenters. The second-order valence-corrected chi connectivity index (χ2v) is 6.85.